The van der Waals surface area contributed by atoms with Crippen LogP contribution in [0.2, 0.25) is 0 Å². The molecular weight excluding hydrogens is 329 g/mol. The van der Waals surface area contributed by atoms with Crippen LogP contribution in [0, 0.1) is 6.92 Å². The van der Waals surface area contributed by atoms with Gasteiger partial charge in [0.15, 0.2) is 0 Å². The van der Waals surface area contributed by atoms with Crippen molar-refractivity contribution in [2.24, 2.45) is 0 Å². The Morgan fingerprint density at radius 3 is 2.79 bits per heavy atom. The molecule has 0 aliphatic heterocycles. The molecule has 0 unspecified atom stereocenters. The van der Waals surface area contributed by atoms with E-state index in [2.05, 4.69) is 30.6 Å². The maximum Gasteiger partial charge on any atom is 0.453 e. The van der Waals surface area contributed by atoms with E-state index in [0.29, 0.717) is 31.0 Å². The number of nitrogens with zero attached hydrogens (tertiary/aromatic N) is 6. The van der Waals surface area contributed by atoms with Crippen LogP contribution in [-0.4, -0.2) is 40.9 Å². The first-order valence-corrected chi connectivity index (χ1v) is 7.00. The van der Waals surface area contributed by atoms with Gasteiger partial charge < -0.3 is 5.32 Å². The average Bonchev–Trinajstić information content (AvgIpc) is 3.09. The first kappa shape index (κ1) is 16.0. The second kappa shape index (κ2) is 5.94. The van der Waals surface area contributed by atoms with Gasteiger partial charge in [-0.3, -0.25) is 4.57 Å². The smallest absolute Gasteiger partial charge is 0.370 e. The number of anilines is 1. The van der Waals surface area contributed by atoms with Gasteiger partial charge in [-0.1, -0.05) is 0 Å². The van der Waals surface area contributed by atoms with Crippen molar-refractivity contribution in [2.75, 3.05) is 11.9 Å². The van der Waals surface area contributed by atoms with Gasteiger partial charge in [0.2, 0.25) is 0 Å². The number of hydrogen-bond acceptors (Lipinski definition) is 6. The monoisotopic (exact) mass is 342 g/mol. The van der Waals surface area contributed by atoms with Gasteiger partial charge in [-0.2, -0.15) is 27.8 Å². The molecule has 0 fully saturated rings. The van der Waals surface area contributed by atoms with Crippen molar-refractivity contribution in [3.63, 3.8) is 0 Å². The van der Waals surface area contributed by atoms with Gasteiger partial charge in [-0.15, -0.1) is 5.10 Å². The van der Waals surface area contributed by atoms with Crippen molar-refractivity contribution >= 4 is 11.6 Å². The number of halogens is 3. The second-order valence-corrected chi connectivity index (χ2v) is 5.06. The molecule has 0 saturated carbocycles. The normalized spacial score (nSPS) is 12.0. The predicted molar refractivity (Wildman–Crippen MR) is 76.5 cm³/mol. The maximum absolute atomic E-state index is 12.7. The fourth-order valence-corrected chi connectivity index (χ4v) is 2.13. The molecule has 0 radical (unpaired) electrons. The lowest BCUT2D eigenvalue weighted by atomic mass is 10.4. The number of fused-ring (bicyclic) bond motifs is 1. The number of aromatic amines is 1. The summed E-state index contributed by atoms with van der Waals surface area (Å²) in [6.45, 7) is 2.48. The number of rotatable bonds is 5. The zero-order chi connectivity index (χ0) is 17.3. The Labute approximate surface area is 132 Å². The molecule has 0 atom stereocenters. The summed E-state index contributed by atoms with van der Waals surface area (Å²) < 4.78 is 40.6. The molecule has 12 heteroatoms. The zero-order valence-electron chi connectivity index (χ0n) is 12.5. The highest BCUT2D eigenvalue weighted by Gasteiger charge is 2.36. The molecule has 24 heavy (non-hydrogen) atoms. The molecule has 0 bridgehead atoms. The van der Waals surface area contributed by atoms with Crippen molar-refractivity contribution < 1.29 is 13.2 Å². The third kappa shape index (κ3) is 3.21. The van der Waals surface area contributed by atoms with E-state index in [1.807, 2.05) is 0 Å². The lowest BCUT2D eigenvalue weighted by molar-refractivity contribution is -0.144. The molecule has 3 aromatic rings. The third-order valence-corrected chi connectivity index (χ3v) is 3.19. The van der Waals surface area contributed by atoms with Crippen molar-refractivity contribution in [1.29, 1.82) is 0 Å². The molecule has 0 aliphatic rings. The fraction of sp³-hybridized carbons (Fsp3) is 0.417. The highest BCUT2D eigenvalue weighted by Crippen LogP contribution is 2.27. The molecule has 2 N–H and O–H groups in total. The first-order chi connectivity index (χ1) is 11.3. The predicted octanol–water partition coefficient (Wildman–Crippen LogP) is 0.839. The Morgan fingerprint density at radius 1 is 1.33 bits per heavy atom. The van der Waals surface area contributed by atoms with Crippen LogP contribution in [0.25, 0.3) is 5.78 Å². The SMILES string of the molecule is Cc1cc(NCCCn2cn[nH]c2=O)n2nc(C(F)(F)F)nc2n1. The average molecular weight is 342 g/mol. The summed E-state index contributed by atoms with van der Waals surface area (Å²) in [5, 5.41) is 12.3. The van der Waals surface area contributed by atoms with Crippen molar-refractivity contribution in [2.45, 2.75) is 26.1 Å². The zero-order valence-corrected chi connectivity index (χ0v) is 12.5. The van der Waals surface area contributed by atoms with E-state index in [-0.39, 0.29) is 11.5 Å². The van der Waals surface area contributed by atoms with E-state index >= 15 is 0 Å². The van der Waals surface area contributed by atoms with Gasteiger partial charge in [0, 0.05) is 24.8 Å². The molecule has 3 aromatic heterocycles. The van der Waals surface area contributed by atoms with Crippen LogP contribution in [0.1, 0.15) is 17.9 Å². The van der Waals surface area contributed by atoms with Crippen molar-refractivity contribution in [3.8, 4) is 0 Å². The van der Waals surface area contributed by atoms with Gasteiger partial charge >= 0.3 is 11.9 Å². The maximum atomic E-state index is 12.7. The first-order valence-electron chi connectivity index (χ1n) is 7.00. The minimum Gasteiger partial charge on any atom is -0.370 e. The largest absolute Gasteiger partial charge is 0.453 e. The van der Waals surface area contributed by atoms with Crippen LogP contribution in [0.4, 0.5) is 19.0 Å². The third-order valence-electron chi connectivity index (χ3n) is 3.19. The number of nitrogens with one attached hydrogen (secondary N) is 2. The summed E-state index contributed by atoms with van der Waals surface area (Å²) in [7, 11) is 0. The van der Waals surface area contributed by atoms with Crippen molar-refractivity contribution in [1.82, 2.24) is 34.3 Å². The summed E-state index contributed by atoms with van der Waals surface area (Å²) in [4.78, 5) is 18.6. The van der Waals surface area contributed by atoms with E-state index in [0.717, 1.165) is 4.52 Å². The Bertz CT molecular complexity index is 909. The molecule has 128 valence electrons. The van der Waals surface area contributed by atoms with Crippen LogP contribution in [0.5, 0.6) is 0 Å². The molecule has 0 aromatic carbocycles. The topological polar surface area (TPSA) is 106 Å². The van der Waals surface area contributed by atoms with E-state index in [1.165, 1.54) is 10.9 Å². The number of alkyl halides is 3. The highest BCUT2D eigenvalue weighted by molar-refractivity contribution is 5.45. The lowest BCUT2D eigenvalue weighted by Gasteiger charge is -2.08. The minimum atomic E-state index is -4.64. The lowest BCUT2D eigenvalue weighted by Crippen LogP contribution is -2.18. The fourth-order valence-electron chi connectivity index (χ4n) is 2.13. The number of aryl methyl sites for hydroxylation is 2. The van der Waals surface area contributed by atoms with E-state index in [4.69, 9.17) is 0 Å². The molecule has 0 saturated heterocycles. The van der Waals surface area contributed by atoms with Gasteiger partial charge in [0.1, 0.15) is 12.1 Å². The molecular formula is C12H13F3N8O. The van der Waals surface area contributed by atoms with Crippen molar-refractivity contribution in [3.05, 3.63) is 34.4 Å². The van der Waals surface area contributed by atoms with E-state index in [9.17, 15) is 18.0 Å². The van der Waals surface area contributed by atoms with E-state index in [1.54, 1.807) is 13.0 Å². The Balaban J connectivity index is 1.75. The van der Waals surface area contributed by atoms with E-state index < -0.39 is 12.0 Å². The van der Waals surface area contributed by atoms with Gasteiger partial charge in [0.25, 0.3) is 11.6 Å². The highest BCUT2D eigenvalue weighted by atomic mass is 19.4. The molecule has 9 nitrogen and oxygen atoms in total. The molecule has 3 rings (SSSR count). The summed E-state index contributed by atoms with van der Waals surface area (Å²) in [6, 6.07) is 1.58. The van der Waals surface area contributed by atoms with Gasteiger partial charge in [-0.05, 0) is 13.3 Å². The number of hydrogen-bond donors (Lipinski definition) is 2. The van der Waals surface area contributed by atoms with Gasteiger partial charge in [0.05, 0.1) is 0 Å². The van der Waals surface area contributed by atoms with Crippen LogP contribution in [0.3, 0.4) is 0 Å². The summed E-state index contributed by atoms with van der Waals surface area (Å²) in [5.74, 6) is -1.02. The molecule has 0 spiro atoms. The molecule has 3 heterocycles. The summed E-state index contributed by atoms with van der Waals surface area (Å²) >= 11 is 0. The van der Waals surface area contributed by atoms with Crippen LogP contribution in [-0.2, 0) is 12.7 Å². The van der Waals surface area contributed by atoms with Crippen LogP contribution < -0.4 is 11.0 Å². The Morgan fingerprint density at radius 2 is 2.12 bits per heavy atom. The van der Waals surface area contributed by atoms with Gasteiger partial charge in [-0.25, -0.2) is 14.9 Å². The Hall–Kier alpha value is -2.92. The van der Waals surface area contributed by atoms with Crippen LogP contribution >= 0.6 is 0 Å². The summed E-state index contributed by atoms with van der Waals surface area (Å²) in [6.07, 6.45) is -2.70. The number of H-pyrrole nitrogens is 1. The van der Waals surface area contributed by atoms with Crippen LogP contribution in [0.15, 0.2) is 17.2 Å². The quantitative estimate of drug-likeness (QED) is 0.666. The number of aromatic nitrogens is 7. The molecule has 0 aliphatic carbocycles. The standard InChI is InChI=1S/C12H13F3N8O/c1-7-5-8(16-3-2-4-22-6-17-20-11(22)24)23-10(18-7)19-9(21-23)12(13,14)15/h5-6,16H,2-4H2,1H3,(H,20,24). The second-order valence-electron chi connectivity index (χ2n) is 5.06. The minimum absolute atomic E-state index is 0.129. The summed E-state index contributed by atoms with van der Waals surface area (Å²) in [5.41, 5.74) is 0.195. The Kier molecular flexibility index (Phi) is 3.95. The molecule has 0 amide bonds.